The van der Waals surface area contributed by atoms with E-state index in [-0.39, 0.29) is 17.9 Å². The second kappa shape index (κ2) is 7.12. The van der Waals surface area contributed by atoms with Gasteiger partial charge in [0.15, 0.2) is 0 Å². The zero-order chi connectivity index (χ0) is 18.8. The summed E-state index contributed by atoms with van der Waals surface area (Å²) in [5, 5.41) is 12.1. The Bertz CT molecular complexity index is 1040. The van der Waals surface area contributed by atoms with Gasteiger partial charge in [0.05, 0.1) is 31.6 Å². The van der Waals surface area contributed by atoms with E-state index in [2.05, 4.69) is 15.5 Å². The summed E-state index contributed by atoms with van der Waals surface area (Å²) in [7, 11) is 3.03. The molecule has 0 aliphatic rings. The summed E-state index contributed by atoms with van der Waals surface area (Å²) < 4.78 is 16.0. The lowest BCUT2D eigenvalue weighted by molar-refractivity contribution is -0.115. The van der Waals surface area contributed by atoms with E-state index in [9.17, 15) is 9.59 Å². The van der Waals surface area contributed by atoms with E-state index in [1.165, 1.54) is 25.6 Å². The van der Waals surface area contributed by atoms with Crippen molar-refractivity contribution in [1.82, 2.24) is 10.2 Å². The standard InChI is InChI=1S/C17H17N3O5S/c1-8-11(7-14(21)18-17-20-19-9(2)26-17)16(22)25-13-6-10(23-3)5-12(24-4)15(8)13/h5-6H,7H2,1-4H3,(H,18,20,21). The Labute approximate surface area is 152 Å². The predicted octanol–water partition coefficient (Wildman–Crippen LogP) is 2.46. The number of rotatable bonds is 5. The van der Waals surface area contributed by atoms with Gasteiger partial charge in [0.25, 0.3) is 0 Å². The lowest BCUT2D eigenvalue weighted by Crippen LogP contribution is -2.20. The molecule has 26 heavy (non-hydrogen) atoms. The van der Waals surface area contributed by atoms with Crippen LogP contribution in [0.1, 0.15) is 16.1 Å². The molecule has 9 heteroatoms. The van der Waals surface area contributed by atoms with Gasteiger partial charge in [0.2, 0.25) is 11.0 Å². The number of nitrogens with zero attached hydrogens (tertiary/aromatic N) is 2. The number of benzene rings is 1. The number of carbonyl (C=O) groups excluding carboxylic acids is 1. The second-order valence-corrected chi connectivity index (χ2v) is 6.73. The van der Waals surface area contributed by atoms with Gasteiger partial charge in [-0.3, -0.25) is 4.79 Å². The average Bonchev–Trinajstić information content (AvgIpc) is 3.01. The summed E-state index contributed by atoms with van der Waals surface area (Å²) in [4.78, 5) is 24.7. The van der Waals surface area contributed by atoms with E-state index < -0.39 is 5.63 Å². The molecule has 0 fully saturated rings. The Balaban J connectivity index is 2.00. The van der Waals surface area contributed by atoms with Gasteiger partial charge in [-0.25, -0.2) is 4.79 Å². The number of ether oxygens (including phenoxy) is 2. The van der Waals surface area contributed by atoms with Gasteiger partial charge < -0.3 is 19.2 Å². The predicted molar refractivity (Wildman–Crippen MR) is 97.3 cm³/mol. The number of fused-ring (bicyclic) bond motifs is 1. The third-order valence-corrected chi connectivity index (χ3v) is 4.64. The zero-order valence-corrected chi connectivity index (χ0v) is 15.5. The maximum atomic E-state index is 12.4. The third kappa shape index (κ3) is 3.38. The molecule has 3 aromatic rings. The molecule has 0 saturated carbocycles. The Morgan fingerprint density at radius 3 is 2.62 bits per heavy atom. The van der Waals surface area contributed by atoms with Crippen molar-refractivity contribution in [3.8, 4) is 11.5 Å². The lowest BCUT2D eigenvalue weighted by Gasteiger charge is -2.12. The molecule has 3 rings (SSSR count). The molecule has 8 nitrogen and oxygen atoms in total. The summed E-state index contributed by atoms with van der Waals surface area (Å²) in [5.74, 6) is 0.638. The van der Waals surface area contributed by atoms with Crippen LogP contribution in [0.2, 0.25) is 0 Å². The normalized spacial score (nSPS) is 10.8. The van der Waals surface area contributed by atoms with Crippen LogP contribution in [0.3, 0.4) is 0 Å². The highest BCUT2D eigenvalue weighted by atomic mass is 32.1. The first-order chi connectivity index (χ1) is 12.4. The Hall–Kier alpha value is -2.94. The average molecular weight is 375 g/mol. The number of aryl methyl sites for hydroxylation is 2. The number of nitrogens with one attached hydrogen (secondary N) is 1. The molecular weight excluding hydrogens is 358 g/mol. The van der Waals surface area contributed by atoms with Crippen LogP contribution in [0.25, 0.3) is 11.0 Å². The van der Waals surface area contributed by atoms with Gasteiger partial charge >= 0.3 is 5.63 Å². The van der Waals surface area contributed by atoms with E-state index in [1.54, 1.807) is 26.0 Å². The van der Waals surface area contributed by atoms with Crippen LogP contribution in [0.4, 0.5) is 5.13 Å². The molecule has 0 spiro atoms. The van der Waals surface area contributed by atoms with Crippen molar-refractivity contribution in [2.45, 2.75) is 20.3 Å². The number of amides is 1. The van der Waals surface area contributed by atoms with Crippen molar-refractivity contribution in [2.75, 3.05) is 19.5 Å². The number of aromatic nitrogens is 2. The van der Waals surface area contributed by atoms with Gasteiger partial charge in [-0.05, 0) is 19.4 Å². The van der Waals surface area contributed by atoms with E-state index >= 15 is 0 Å². The van der Waals surface area contributed by atoms with Crippen LogP contribution in [0.15, 0.2) is 21.3 Å². The second-order valence-electron chi connectivity index (χ2n) is 5.55. The fraction of sp³-hybridized carbons (Fsp3) is 0.294. The van der Waals surface area contributed by atoms with Crippen LogP contribution in [0.5, 0.6) is 11.5 Å². The first-order valence-corrected chi connectivity index (χ1v) is 8.53. The molecule has 1 N–H and O–H groups in total. The summed E-state index contributed by atoms with van der Waals surface area (Å²) in [6, 6.07) is 3.31. The van der Waals surface area contributed by atoms with Crippen LogP contribution in [-0.4, -0.2) is 30.3 Å². The molecule has 1 aromatic carbocycles. The van der Waals surface area contributed by atoms with Crippen molar-refractivity contribution in [1.29, 1.82) is 0 Å². The zero-order valence-electron chi connectivity index (χ0n) is 14.7. The molecule has 136 valence electrons. The Morgan fingerprint density at radius 1 is 1.23 bits per heavy atom. The highest BCUT2D eigenvalue weighted by Crippen LogP contribution is 2.33. The minimum atomic E-state index is -0.575. The number of carbonyl (C=O) groups is 1. The summed E-state index contributed by atoms with van der Waals surface area (Å²) >= 11 is 1.26. The van der Waals surface area contributed by atoms with Crippen molar-refractivity contribution in [3.05, 3.63) is 38.7 Å². The first-order valence-electron chi connectivity index (χ1n) is 7.71. The summed E-state index contributed by atoms with van der Waals surface area (Å²) in [6.45, 7) is 3.54. The van der Waals surface area contributed by atoms with Crippen LogP contribution in [0, 0.1) is 13.8 Å². The highest BCUT2D eigenvalue weighted by Gasteiger charge is 2.19. The van der Waals surface area contributed by atoms with Crippen molar-refractivity contribution in [3.63, 3.8) is 0 Å². The molecule has 1 amide bonds. The first kappa shape index (κ1) is 17.9. The number of anilines is 1. The molecule has 0 unspecified atom stereocenters. The van der Waals surface area contributed by atoms with Crippen molar-refractivity contribution < 1.29 is 18.7 Å². The van der Waals surface area contributed by atoms with Gasteiger partial charge in [-0.15, -0.1) is 10.2 Å². The summed E-state index contributed by atoms with van der Waals surface area (Å²) in [6.07, 6.45) is -0.141. The Morgan fingerprint density at radius 2 is 2.00 bits per heavy atom. The van der Waals surface area contributed by atoms with Gasteiger partial charge in [0.1, 0.15) is 22.1 Å². The fourth-order valence-corrected chi connectivity index (χ4v) is 3.24. The molecule has 0 bridgehead atoms. The number of hydrogen-bond acceptors (Lipinski definition) is 8. The largest absolute Gasteiger partial charge is 0.496 e. The SMILES string of the molecule is COc1cc(OC)c2c(C)c(CC(=O)Nc3nnc(C)s3)c(=O)oc2c1. The van der Waals surface area contributed by atoms with Crippen molar-refractivity contribution >= 4 is 33.3 Å². The number of methoxy groups -OCH3 is 2. The monoisotopic (exact) mass is 375 g/mol. The van der Waals surface area contributed by atoms with Crippen LogP contribution >= 0.6 is 11.3 Å². The third-order valence-electron chi connectivity index (χ3n) is 3.88. The van der Waals surface area contributed by atoms with Crippen molar-refractivity contribution in [2.24, 2.45) is 0 Å². The molecule has 0 atom stereocenters. The molecule has 0 saturated heterocycles. The number of hydrogen-bond donors (Lipinski definition) is 1. The van der Waals surface area contributed by atoms with Gasteiger partial charge in [0, 0.05) is 12.1 Å². The minimum Gasteiger partial charge on any atom is -0.496 e. The van der Waals surface area contributed by atoms with E-state index in [4.69, 9.17) is 13.9 Å². The maximum absolute atomic E-state index is 12.4. The van der Waals surface area contributed by atoms with E-state index in [0.29, 0.717) is 33.2 Å². The summed E-state index contributed by atoms with van der Waals surface area (Å²) in [5.41, 5.74) is 0.653. The van der Waals surface area contributed by atoms with E-state index in [1.807, 2.05) is 0 Å². The highest BCUT2D eigenvalue weighted by molar-refractivity contribution is 7.15. The van der Waals surface area contributed by atoms with Gasteiger partial charge in [-0.2, -0.15) is 0 Å². The molecule has 0 aliphatic carbocycles. The Kier molecular flexibility index (Phi) is 4.90. The van der Waals surface area contributed by atoms with Crippen LogP contribution < -0.4 is 20.4 Å². The van der Waals surface area contributed by atoms with Crippen LogP contribution in [-0.2, 0) is 11.2 Å². The molecule has 2 aromatic heterocycles. The maximum Gasteiger partial charge on any atom is 0.340 e. The quantitative estimate of drug-likeness (QED) is 0.683. The smallest absolute Gasteiger partial charge is 0.340 e. The lowest BCUT2D eigenvalue weighted by atomic mass is 10.0. The fourth-order valence-electron chi connectivity index (χ4n) is 2.64. The topological polar surface area (TPSA) is 104 Å². The molecule has 0 radical (unpaired) electrons. The van der Waals surface area contributed by atoms with E-state index in [0.717, 1.165) is 5.01 Å². The molecular formula is C17H17N3O5S. The molecule has 2 heterocycles. The molecule has 0 aliphatic heterocycles. The van der Waals surface area contributed by atoms with Gasteiger partial charge in [-0.1, -0.05) is 11.3 Å². The minimum absolute atomic E-state index is 0.141.